The molecule has 2 aromatic rings. The lowest BCUT2D eigenvalue weighted by Gasteiger charge is -2.23. The summed E-state index contributed by atoms with van der Waals surface area (Å²) < 4.78 is 0. The minimum atomic E-state index is -1.64. The van der Waals surface area contributed by atoms with Gasteiger partial charge in [-0.15, -0.1) is 0 Å². The first-order valence-electron chi connectivity index (χ1n) is 10.8. The number of aromatic nitrogens is 1. The van der Waals surface area contributed by atoms with E-state index in [0.29, 0.717) is 5.56 Å². The SMILES string of the molecule is CC(NC(=O)C(N)CC(N)=O)C(=O)NC(CC(=O)O)C(=O)NC(Cc1c[nH]c2ccccc12)C(=O)O. The van der Waals surface area contributed by atoms with Crippen molar-refractivity contribution in [1.29, 1.82) is 0 Å². The zero-order chi connectivity index (χ0) is 27.0. The highest BCUT2D eigenvalue weighted by Crippen LogP contribution is 2.19. The van der Waals surface area contributed by atoms with Crippen molar-refractivity contribution in [1.82, 2.24) is 20.9 Å². The number of nitrogens with one attached hydrogen (secondary N) is 4. The summed E-state index contributed by atoms with van der Waals surface area (Å²) in [6.07, 6.45) is 0.190. The fourth-order valence-electron chi connectivity index (χ4n) is 3.37. The molecular formula is C22H28N6O8. The molecule has 0 saturated heterocycles. The van der Waals surface area contributed by atoms with Gasteiger partial charge in [0.1, 0.15) is 18.1 Å². The van der Waals surface area contributed by atoms with E-state index in [1.54, 1.807) is 30.5 Å². The number of rotatable bonds is 13. The molecule has 36 heavy (non-hydrogen) atoms. The zero-order valence-electron chi connectivity index (χ0n) is 19.3. The summed E-state index contributed by atoms with van der Waals surface area (Å²) in [5.41, 5.74) is 11.9. The maximum absolute atomic E-state index is 12.8. The van der Waals surface area contributed by atoms with Crippen LogP contribution in [0.3, 0.4) is 0 Å². The molecule has 10 N–H and O–H groups in total. The number of primary amides is 1. The Kier molecular flexibility index (Phi) is 9.50. The number of carbonyl (C=O) groups excluding carboxylic acids is 4. The van der Waals surface area contributed by atoms with Crippen LogP contribution in [0.2, 0.25) is 0 Å². The van der Waals surface area contributed by atoms with Gasteiger partial charge in [0, 0.05) is 23.5 Å². The molecule has 4 amide bonds. The molecule has 0 aliphatic rings. The number of benzene rings is 1. The third kappa shape index (κ3) is 7.80. The monoisotopic (exact) mass is 504 g/mol. The molecule has 0 spiro atoms. The van der Waals surface area contributed by atoms with Crippen LogP contribution in [-0.4, -0.2) is 74.9 Å². The highest BCUT2D eigenvalue weighted by atomic mass is 16.4. The van der Waals surface area contributed by atoms with Gasteiger partial charge < -0.3 is 42.6 Å². The van der Waals surface area contributed by atoms with Crippen molar-refractivity contribution in [3.8, 4) is 0 Å². The number of carboxylic acids is 2. The van der Waals surface area contributed by atoms with Crippen molar-refractivity contribution in [2.24, 2.45) is 11.5 Å². The van der Waals surface area contributed by atoms with E-state index < -0.39 is 72.6 Å². The van der Waals surface area contributed by atoms with Gasteiger partial charge in [0.2, 0.25) is 23.6 Å². The Morgan fingerprint density at radius 1 is 0.917 bits per heavy atom. The number of para-hydroxylation sites is 1. The first-order chi connectivity index (χ1) is 16.9. The molecule has 1 aromatic carbocycles. The van der Waals surface area contributed by atoms with Crippen LogP contribution in [0.1, 0.15) is 25.3 Å². The Morgan fingerprint density at radius 3 is 2.17 bits per heavy atom. The lowest BCUT2D eigenvalue weighted by Crippen LogP contribution is -2.57. The van der Waals surface area contributed by atoms with Crippen molar-refractivity contribution in [3.63, 3.8) is 0 Å². The predicted octanol–water partition coefficient (Wildman–Crippen LogP) is -2.05. The van der Waals surface area contributed by atoms with Crippen molar-refractivity contribution < 1.29 is 39.0 Å². The predicted molar refractivity (Wildman–Crippen MR) is 125 cm³/mol. The molecule has 194 valence electrons. The molecule has 1 aromatic heterocycles. The summed E-state index contributed by atoms with van der Waals surface area (Å²) >= 11 is 0. The number of aromatic amines is 1. The molecule has 2 rings (SSSR count). The molecule has 0 bridgehead atoms. The highest BCUT2D eigenvalue weighted by molar-refractivity contribution is 5.96. The molecule has 0 saturated carbocycles. The molecule has 4 atom stereocenters. The third-order valence-electron chi connectivity index (χ3n) is 5.24. The minimum Gasteiger partial charge on any atom is -0.481 e. The van der Waals surface area contributed by atoms with E-state index in [0.717, 1.165) is 10.9 Å². The Hall–Kier alpha value is -4.46. The second kappa shape index (κ2) is 12.3. The number of nitrogens with two attached hydrogens (primary N) is 2. The van der Waals surface area contributed by atoms with Gasteiger partial charge in [0.25, 0.3) is 0 Å². The first-order valence-corrected chi connectivity index (χ1v) is 10.8. The summed E-state index contributed by atoms with van der Waals surface area (Å²) in [4.78, 5) is 74.2. The zero-order valence-corrected chi connectivity index (χ0v) is 19.3. The number of carboxylic acid groups (broad SMARTS) is 2. The standard InChI is InChI=1S/C22H28N6O8/c1-10(26-20(33)13(23)7-17(24)29)19(32)27-15(8-18(30)31)21(34)28-16(22(35)36)6-11-9-25-14-5-3-2-4-12(11)14/h2-5,9-10,13,15-16,25H,6-8,23H2,1H3,(H2,24,29)(H,26,33)(H,27,32)(H,28,34)(H,30,31)(H,35,36). The third-order valence-corrected chi connectivity index (χ3v) is 5.24. The van der Waals surface area contributed by atoms with E-state index in [1.807, 2.05) is 0 Å². The minimum absolute atomic E-state index is 0.108. The summed E-state index contributed by atoms with van der Waals surface area (Å²) in [6, 6.07) is 1.51. The van der Waals surface area contributed by atoms with Crippen LogP contribution in [0.5, 0.6) is 0 Å². The number of hydrogen-bond donors (Lipinski definition) is 8. The van der Waals surface area contributed by atoms with E-state index in [-0.39, 0.29) is 6.42 Å². The van der Waals surface area contributed by atoms with Gasteiger partial charge >= 0.3 is 11.9 Å². The smallest absolute Gasteiger partial charge is 0.326 e. The summed E-state index contributed by atoms with van der Waals surface area (Å²) in [6.45, 7) is 1.25. The lowest BCUT2D eigenvalue weighted by molar-refractivity contribution is -0.143. The molecule has 0 radical (unpaired) electrons. The average molecular weight is 505 g/mol. The van der Waals surface area contributed by atoms with Crippen molar-refractivity contribution in [2.45, 2.75) is 50.4 Å². The van der Waals surface area contributed by atoms with Crippen molar-refractivity contribution >= 4 is 46.5 Å². The average Bonchev–Trinajstić information content (AvgIpc) is 3.19. The van der Waals surface area contributed by atoms with Crippen LogP contribution in [0.15, 0.2) is 30.5 Å². The largest absolute Gasteiger partial charge is 0.481 e. The maximum Gasteiger partial charge on any atom is 0.326 e. The fraction of sp³-hybridized carbons (Fsp3) is 0.364. The summed E-state index contributed by atoms with van der Waals surface area (Å²) in [7, 11) is 0. The number of aliphatic carboxylic acids is 2. The fourth-order valence-corrected chi connectivity index (χ4v) is 3.37. The normalized spacial score (nSPS) is 14.2. The topological polar surface area (TPSA) is 247 Å². The van der Waals surface area contributed by atoms with E-state index in [1.165, 1.54) is 6.92 Å². The molecule has 0 aliphatic carbocycles. The Labute approximate surface area is 204 Å². The molecule has 14 nitrogen and oxygen atoms in total. The number of carbonyl (C=O) groups is 6. The van der Waals surface area contributed by atoms with E-state index in [4.69, 9.17) is 11.5 Å². The molecule has 0 aliphatic heterocycles. The lowest BCUT2D eigenvalue weighted by atomic mass is 10.0. The number of H-pyrrole nitrogens is 1. The molecule has 0 fully saturated rings. The van der Waals surface area contributed by atoms with E-state index >= 15 is 0 Å². The molecule has 14 heteroatoms. The van der Waals surface area contributed by atoms with E-state index in [9.17, 15) is 39.0 Å². The van der Waals surface area contributed by atoms with Crippen molar-refractivity contribution in [3.05, 3.63) is 36.0 Å². The van der Waals surface area contributed by atoms with Gasteiger partial charge in [0.05, 0.1) is 18.9 Å². The Balaban J connectivity index is 2.09. The van der Waals surface area contributed by atoms with Crippen LogP contribution in [0, 0.1) is 0 Å². The summed E-state index contributed by atoms with van der Waals surface area (Å²) in [5, 5.41) is 26.2. The quantitative estimate of drug-likeness (QED) is 0.149. The number of hydrogen-bond acceptors (Lipinski definition) is 7. The Bertz CT molecular complexity index is 1160. The van der Waals surface area contributed by atoms with Crippen LogP contribution in [-0.2, 0) is 35.2 Å². The molecule has 1 heterocycles. The maximum atomic E-state index is 12.8. The van der Waals surface area contributed by atoms with Crippen LogP contribution < -0.4 is 27.4 Å². The highest BCUT2D eigenvalue weighted by Gasteiger charge is 2.31. The Morgan fingerprint density at radius 2 is 1.56 bits per heavy atom. The van der Waals surface area contributed by atoms with Gasteiger partial charge in [-0.05, 0) is 18.6 Å². The number of fused-ring (bicyclic) bond motifs is 1. The van der Waals surface area contributed by atoms with Gasteiger partial charge in [-0.2, -0.15) is 0 Å². The van der Waals surface area contributed by atoms with E-state index in [2.05, 4.69) is 20.9 Å². The molecular weight excluding hydrogens is 476 g/mol. The van der Waals surface area contributed by atoms with Gasteiger partial charge in [0.15, 0.2) is 0 Å². The summed E-state index contributed by atoms with van der Waals surface area (Å²) in [5.74, 6) is -6.45. The number of amides is 4. The van der Waals surface area contributed by atoms with Crippen LogP contribution >= 0.6 is 0 Å². The van der Waals surface area contributed by atoms with Gasteiger partial charge in [-0.3, -0.25) is 24.0 Å². The first kappa shape index (κ1) is 27.8. The van der Waals surface area contributed by atoms with Gasteiger partial charge in [-0.25, -0.2) is 4.79 Å². The molecule has 4 unspecified atom stereocenters. The van der Waals surface area contributed by atoms with Crippen LogP contribution in [0.4, 0.5) is 0 Å². The van der Waals surface area contributed by atoms with Crippen molar-refractivity contribution in [2.75, 3.05) is 0 Å². The second-order valence-corrected chi connectivity index (χ2v) is 8.13. The van der Waals surface area contributed by atoms with Crippen LogP contribution in [0.25, 0.3) is 10.9 Å². The van der Waals surface area contributed by atoms with Gasteiger partial charge in [-0.1, -0.05) is 18.2 Å². The second-order valence-electron chi connectivity index (χ2n) is 8.13.